The van der Waals surface area contributed by atoms with Gasteiger partial charge in [-0.3, -0.25) is 0 Å². The summed E-state index contributed by atoms with van der Waals surface area (Å²) in [6, 6.07) is 5.31. The first kappa shape index (κ1) is 9.65. The number of phenolic OH excluding ortho intramolecular Hbond substituents is 4. The van der Waals surface area contributed by atoms with E-state index in [1.165, 1.54) is 24.3 Å². The monoisotopic (exact) mass is 231 g/mol. The maximum absolute atomic E-state index is 9.68. The van der Waals surface area contributed by atoms with Gasteiger partial charge in [0, 0.05) is 22.9 Å². The van der Waals surface area contributed by atoms with Gasteiger partial charge >= 0.3 is 0 Å². The zero-order valence-corrected chi connectivity index (χ0v) is 8.60. The van der Waals surface area contributed by atoms with Gasteiger partial charge in [-0.1, -0.05) is 0 Å². The Morgan fingerprint density at radius 2 is 1.06 bits per heavy atom. The van der Waals surface area contributed by atoms with E-state index in [1.807, 2.05) is 0 Å². The summed E-state index contributed by atoms with van der Waals surface area (Å²) in [6.07, 6.45) is 0. The van der Waals surface area contributed by atoms with Crippen LogP contribution in [0.15, 0.2) is 24.3 Å². The smallest absolute Gasteiger partial charge is 0.143 e. The molecular formula is C12H9NO4. The molecule has 86 valence electrons. The van der Waals surface area contributed by atoms with Crippen LogP contribution in [0.3, 0.4) is 0 Å². The molecular weight excluding hydrogens is 222 g/mol. The molecule has 0 fully saturated rings. The molecule has 5 nitrogen and oxygen atoms in total. The van der Waals surface area contributed by atoms with Crippen molar-refractivity contribution in [3.05, 3.63) is 24.3 Å². The summed E-state index contributed by atoms with van der Waals surface area (Å²) >= 11 is 0. The van der Waals surface area contributed by atoms with E-state index in [-0.39, 0.29) is 23.0 Å². The van der Waals surface area contributed by atoms with Gasteiger partial charge in [-0.2, -0.15) is 0 Å². The number of aromatic amines is 1. The lowest BCUT2D eigenvalue weighted by Gasteiger charge is -1.97. The Morgan fingerprint density at radius 1 is 0.647 bits per heavy atom. The minimum atomic E-state index is -0.116. The van der Waals surface area contributed by atoms with Crippen LogP contribution >= 0.6 is 0 Å². The van der Waals surface area contributed by atoms with Crippen LogP contribution in [0.5, 0.6) is 23.0 Å². The Bertz CT molecular complexity index is 683. The van der Waals surface area contributed by atoms with Crippen LogP contribution in [0.4, 0.5) is 0 Å². The van der Waals surface area contributed by atoms with E-state index in [0.717, 1.165) is 0 Å². The number of fused-ring (bicyclic) bond motifs is 3. The SMILES string of the molecule is Oc1cc(O)c2[nH]c3c(O)cc(O)cc3c2c1. The highest BCUT2D eigenvalue weighted by atomic mass is 16.3. The highest BCUT2D eigenvalue weighted by molar-refractivity contribution is 6.11. The maximum Gasteiger partial charge on any atom is 0.143 e. The fourth-order valence-corrected chi connectivity index (χ4v) is 2.04. The van der Waals surface area contributed by atoms with Crippen LogP contribution < -0.4 is 0 Å². The predicted molar refractivity (Wildman–Crippen MR) is 62.5 cm³/mol. The molecule has 0 unspecified atom stereocenters. The number of hydrogen-bond donors (Lipinski definition) is 5. The lowest BCUT2D eigenvalue weighted by molar-refractivity contribution is 0.454. The third kappa shape index (κ3) is 1.25. The van der Waals surface area contributed by atoms with Gasteiger partial charge in [-0.15, -0.1) is 0 Å². The Hall–Kier alpha value is -2.56. The average molecular weight is 231 g/mol. The highest BCUT2D eigenvalue weighted by Gasteiger charge is 2.13. The van der Waals surface area contributed by atoms with Crippen molar-refractivity contribution in [2.24, 2.45) is 0 Å². The van der Waals surface area contributed by atoms with E-state index in [0.29, 0.717) is 21.8 Å². The van der Waals surface area contributed by atoms with Crippen LogP contribution in [-0.4, -0.2) is 25.4 Å². The van der Waals surface area contributed by atoms with Crippen LogP contribution in [0.2, 0.25) is 0 Å². The second-order valence-electron chi connectivity index (χ2n) is 3.90. The summed E-state index contributed by atoms with van der Waals surface area (Å²) < 4.78 is 0. The van der Waals surface area contributed by atoms with E-state index >= 15 is 0 Å². The number of aromatic nitrogens is 1. The maximum atomic E-state index is 9.68. The summed E-state index contributed by atoms with van der Waals surface area (Å²) in [4.78, 5) is 2.85. The van der Waals surface area contributed by atoms with Crippen LogP contribution in [-0.2, 0) is 0 Å². The summed E-state index contributed by atoms with van der Waals surface area (Å²) in [5.74, 6) is -0.400. The molecule has 0 atom stereocenters. The molecule has 2 aromatic carbocycles. The molecule has 0 saturated heterocycles. The molecule has 0 spiro atoms. The zero-order valence-electron chi connectivity index (χ0n) is 8.60. The Kier molecular flexibility index (Phi) is 1.69. The number of nitrogens with one attached hydrogen (secondary N) is 1. The standard InChI is InChI=1S/C12H9NO4/c14-5-1-7-8-2-6(15)4-10(17)12(8)13-11(7)9(16)3-5/h1-4,13-17H. The van der Waals surface area contributed by atoms with Gasteiger partial charge in [0.05, 0.1) is 11.0 Å². The van der Waals surface area contributed by atoms with E-state index in [9.17, 15) is 20.4 Å². The van der Waals surface area contributed by atoms with E-state index in [1.54, 1.807) is 0 Å². The second kappa shape index (κ2) is 2.98. The zero-order chi connectivity index (χ0) is 12.2. The number of aromatic hydroxyl groups is 4. The third-order valence-corrected chi connectivity index (χ3v) is 2.74. The molecule has 3 rings (SSSR count). The van der Waals surface area contributed by atoms with Crippen molar-refractivity contribution in [1.29, 1.82) is 0 Å². The molecule has 17 heavy (non-hydrogen) atoms. The van der Waals surface area contributed by atoms with Crippen molar-refractivity contribution in [1.82, 2.24) is 4.98 Å². The number of benzene rings is 2. The summed E-state index contributed by atoms with van der Waals surface area (Å²) in [5, 5.41) is 39.3. The van der Waals surface area contributed by atoms with Crippen LogP contribution in [0.25, 0.3) is 21.8 Å². The molecule has 0 bridgehead atoms. The molecule has 1 aromatic heterocycles. The summed E-state index contributed by atoms with van der Waals surface area (Å²) in [7, 11) is 0. The van der Waals surface area contributed by atoms with Gasteiger partial charge in [0.25, 0.3) is 0 Å². The van der Waals surface area contributed by atoms with E-state index in [2.05, 4.69) is 4.98 Å². The van der Waals surface area contributed by atoms with Gasteiger partial charge in [-0.05, 0) is 12.1 Å². The first-order valence-electron chi connectivity index (χ1n) is 4.95. The first-order valence-corrected chi connectivity index (χ1v) is 4.95. The fourth-order valence-electron chi connectivity index (χ4n) is 2.04. The van der Waals surface area contributed by atoms with Gasteiger partial charge in [0.2, 0.25) is 0 Å². The summed E-state index contributed by atoms with van der Waals surface area (Å²) in [6.45, 7) is 0. The minimum Gasteiger partial charge on any atom is -0.508 e. The quantitative estimate of drug-likeness (QED) is 0.409. The number of H-pyrrole nitrogens is 1. The van der Waals surface area contributed by atoms with Crippen molar-refractivity contribution >= 4 is 21.8 Å². The van der Waals surface area contributed by atoms with Gasteiger partial charge < -0.3 is 25.4 Å². The molecule has 5 N–H and O–H groups in total. The molecule has 0 saturated carbocycles. The van der Waals surface area contributed by atoms with Gasteiger partial charge in [0.1, 0.15) is 23.0 Å². The van der Waals surface area contributed by atoms with E-state index < -0.39 is 0 Å². The largest absolute Gasteiger partial charge is 0.508 e. The van der Waals surface area contributed by atoms with Crippen molar-refractivity contribution in [2.75, 3.05) is 0 Å². The molecule has 0 aliphatic heterocycles. The molecule has 0 amide bonds. The molecule has 0 aliphatic carbocycles. The average Bonchev–Trinajstić information content (AvgIpc) is 2.58. The van der Waals surface area contributed by atoms with Gasteiger partial charge in [-0.25, -0.2) is 0 Å². The minimum absolute atomic E-state index is 0.0845. The van der Waals surface area contributed by atoms with Gasteiger partial charge in [0.15, 0.2) is 0 Å². The van der Waals surface area contributed by atoms with Crippen LogP contribution in [0.1, 0.15) is 0 Å². The third-order valence-electron chi connectivity index (χ3n) is 2.74. The molecule has 0 aliphatic rings. The summed E-state index contributed by atoms with van der Waals surface area (Å²) in [5.41, 5.74) is 0.803. The fraction of sp³-hybridized carbons (Fsp3) is 0. The normalized spacial score (nSPS) is 11.3. The lowest BCUT2D eigenvalue weighted by atomic mass is 10.1. The van der Waals surface area contributed by atoms with E-state index in [4.69, 9.17) is 0 Å². The van der Waals surface area contributed by atoms with Crippen molar-refractivity contribution in [2.45, 2.75) is 0 Å². The molecule has 3 aromatic rings. The Labute approximate surface area is 95.2 Å². The van der Waals surface area contributed by atoms with Crippen LogP contribution in [0, 0.1) is 0 Å². The second-order valence-corrected chi connectivity index (χ2v) is 3.90. The number of rotatable bonds is 0. The first-order chi connectivity index (χ1) is 8.06. The number of phenols is 4. The predicted octanol–water partition coefficient (Wildman–Crippen LogP) is 2.14. The van der Waals surface area contributed by atoms with Crippen molar-refractivity contribution in [3.63, 3.8) is 0 Å². The Balaban J connectivity index is 2.60. The van der Waals surface area contributed by atoms with Crippen molar-refractivity contribution < 1.29 is 20.4 Å². The highest BCUT2D eigenvalue weighted by Crippen LogP contribution is 2.39. The number of hydrogen-bond acceptors (Lipinski definition) is 4. The van der Waals surface area contributed by atoms with Crippen molar-refractivity contribution in [3.8, 4) is 23.0 Å². The Morgan fingerprint density at radius 3 is 1.47 bits per heavy atom. The lowest BCUT2D eigenvalue weighted by Crippen LogP contribution is -1.70. The molecule has 1 heterocycles. The molecule has 5 heteroatoms. The topological polar surface area (TPSA) is 96.7 Å². The molecule has 0 radical (unpaired) electrons.